The highest BCUT2D eigenvalue weighted by Crippen LogP contribution is 2.32. The minimum Gasteiger partial charge on any atom is -0.384 e. The third-order valence-corrected chi connectivity index (χ3v) is 6.77. The average Bonchev–Trinajstić information content (AvgIpc) is 2.61. The van der Waals surface area contributed by atoms with E-state index in [0.29, 0.717) is 32.3 Å². The van der Waals surface area contributed by atoms with Gasteiger partial charge in [0, 0.05) is 31.6 Å². The number of nitrogen functional groups attached to an aromatic ring is 1. The Morgan fingerprint density at radius 2 is 1.89 bits per heavy atom. The van der Waals surface area contributed by atoms with Crippen molar-refractivity contribution in [3.05, 3.63) is 29.8 Å². The Hall–Kier alpha value is -2.33. The number of nitrogens with zero attached hydrogens (tertiary/aromatic N) is 4. The van der Waals surface area contributed by atoms with Crippen LogP contribution in [0.2, 0.25) is 0 Å². The number of ether oxygens (including phenoxy) is 1. The fourth-order valence-electron chi connectivity index (χ4n) is 2.61. The molecule has 1 fully saturated rings. The molecule has 2 aromatic rings. The first-order valence-corrected chi connectivity index (χ1v) is 10.3. The zero-order chi connectivity index (χ0) is 19.8. The summed E-state index contributed by atoms with van der Waals surface area (Å²) < 4.78 is 43.1. The molecule has 27 heavy (non-hydrogen) atoms. The lowest BCUT2D eigenvalue weighted by Crippen LogP contribution is -2.38. The van der Waals surface area contributed by atoms with Gasteiger partial charge in [0.2, 0.25) is 5.95 Å². The number of hydrogen-bond donors (Lipinski definition) is 1. The van der Waals surface area contributed by atoms with Crippen LogP contribution in [0.5, 0.6) is 0 Å². The van der Waals surface area contributed by atoms with Crippen LogP contribution in [-0.2, 0) is 19.3 Å². The third-order valence-electron chi connectivity index (χ3n) is 4.70. The molecule has 0 aromatic carbocycles. The van der Waals surface area contributed by atoms with Crippen molar-refractivity contribution in [1.29, 1.82) is 0 Å². The molecule has 0 atom stereocenters. The van der Waals surface area contributed by atoms with E-state index in [2.05, 4.69) is 15.0 Å². The van der Waals surface area contributed by atoms with Crippen molar-refractivity contribution in [2.75, 3.05) is 43.2 Å². The van der Waals surface area contributed by atoms with E-state index in [9.17, 15) is 12.8 Å². The van der Waals surface area contributed by atoms with Crippen molar-refractivity contribution in [3.63, 3.8) is 0 Å². The summed E-state index contributed by atoms with van der Waals surface area (Å²) in [7, 11) is -3.48. The predicted molar refractivity (Wildman–Crippen MR) is 101 cm³/mol. The maximum Gasteiger partial charge on any atom is 0.226 e. The molecule has 2 aromatic heterocycles. The van der Waals surface area contributed by atoms with E-state index in [-0.39, 0.29) is 22.8 Å². The number of morpholine rings is 1. The third kappa shape index (κ3) is 3.86. The van der Waals surface area contributed by atoms with Gasteiger partial charge in [-0.3, -0.25) is 0 Å². The van der Waals surface area contributed by atoms with Crippen LogP contribution in [0.15, 0.2) is 18.3 Å². The molecule has 146 valence electrons. The second kappa shape index (κ2) is 7.01. The Balaban J connectivity index is 2.19. The Kier molecular flexibility index (Phi) is 5.04. The van der Waals surface area contributed by atoms with Gasteiger partial charge in [-0.25, -0.2) is 27.8 Å². The fraction of sp³-hybridized carbons (Fsp3) is 0.471. The summed E-state index contributed by atoms with van der Waals surface area (Å²) in [5.41, 5.74) is 6.19. The molecule has 0 spiro atoms. The van der Waals surface area contributed by atoms with Crippen molar-refractivity contribution < 1.29 is 17.5 Å². The van der Waals surface area contributed by atoms with Gasteiger partial charge in [-0.15, -0.1) is 0 Å². The zero-order valence-electron chi connectivity index (χ0n) is 15.4. The minimum absolute atomic E-state index is 0.0513. The maximum absolute atomic E-state index is 14.4. The van der Waals surface area contributed by atoms with E-state index in [4.69, 9.17) is 10.5 Å². The second-order valence-electron chi connectivity index (χ2n) is 6.91. The van der Waals surface area contributed by atoms with Gasteiger partial charge in [0.25, 0.3) is 0 Å². The summed E-state index contributed by atoms with van der Waals surface area (Å²) in [6.07, 6.45) is 2.43. The van der Waals surface area contributed by atoms with Crippen LogP contribution in [0.25, 0.3) is 11.3 Å². The number of hydrogen-bond acceptors (Lipinski definition) is 8. The fourth-order valence-corrected chi connectivity index (χ4v) is 3.09. The quantitative estimate of drug-likeness (QED) is 0.826. The number of nitrogens with two attached hydrogens (primary N) is 1. The summed E-state index contributed by atoms with van der Waals surface area (Å²) in [5, 5.41) is 0. The lowest BCUT2D eigenvalue weighted by molar-refractivity contribution is 0.122. The molecule has 10 heteroatoms. The van der Waals surface area contributed by atoms with Crippen LogP contribution < -0.4 is 10.6 Å². The standard InChI is InChI=1S/C17H22FN5O3S/c1-17(2,27(3,24)25)14-9-13(11-10-20-15(19)8-12(11)18)21-16(22-14)23-4-6-26-7-5-23/h8-10H,4-7H2,1-3H3,(H2,19,20). The Morgan fingerprint density at radius 1 is 1.22 bits per heavy atom. The first kappa shape index (κ1) is 19.4. The topological polar surface area (TPSA) is 111 Å². The average molecular weight is 395 g/mol. The van der Waals surface area contributed by atoms with Crippen LogP contribution in [-0.4, -0.2) is 55.9 Å². The molecular weight excluding hydrogens is 373 g/mol. The Bertz CT molecular complexity index is 959. The molecule has 3 rings (SSSR count). The monoisotopic (exact) mass is 395 g/mol. The molecule has 1 aliphatic rings. The SMILES string of the molecule is CC(C)(c1cc(-c2cnc(N)cc2F)nc(N2CCOCC2)n1)S(C)(=O)=O. The van der Waals surface area contributed by atoms with Crippen LogP contribution in [0.4, 0.5) is 16.2 Å². The van der Waals surface area contributed by atoms with Crippen molar-refractivity contribution in [2.24, 2.45) is 0 Å². The molecule has 8 nitrogen and oxygen atoms in total. The predicted octanol–water partition coefficient (Wildman–Crippen LogP) is 1.38. The smallest absolute Gasteiger partial charge is 0.226 e. The zero-order valence-corrected chi connectivity index (χ0v) is 16.3. The summed E-state index contributed by atoms with van der Waals surface area (Å²) in [6, 6.07) is 2.59. The molecule has 1 aliphatic heterocycles. The number of halogens is 1. The van der Waals surface area contributed by atoms with E-state index in [1.807, 2.05) is 4.90 Å². The highest BCUT2D eigenvalue weighted by molar-refractivity contribution is 7.91. The van der Waals surface area contributed by atoms with Gasteiger partial charge in [0.15, 0.2) is 9.84 Å². The van der Waals surface area contributed by atoms with Crippen molar-refractivity contribution >= 4 is 21.6 Å². The lowest BCUT2D eigenvalue weighted by Gasteiger charge is -2.29. The minimum atomic E-state index is -3.48. The van der Waals surface area contributed by atoms with E-state index in [1.54, 1.807) is 13.8 Å². The Morgan fingerprint density at radius 3 is 2.48 bits per heavy atom. The van der Waals surface area contributed by atoms with Crippen molar-refractivity contribution in [1.82, 2.24) is 15.0 Å². The highest BCUT2D eigenvalue weighted by atomic mass is 32.2. The van der Waals surface area contributed by atoms with E-state index in [0.717, 1.165) is 12.3 Å². The number of rotatable bonds is 4. The van der Waals surface area contributed by atoms with Crippen LogP contribution in [0, 0.1) is 5.82 Å². The van der Waals surface area contributed by atoms with Gasteiger partial charge in [0.1, 0.15) is 16.4 Å². The molecule has 0 bridgehead atoms. The first-order chi connectivity index (χ1) is 12.6. The number of aromatic nitrogens is 3. The Labute approximate surface area is 157 Å². The molecule has 3 heterocycles. The van der Waals surface area contributed by atoms with Crippen LogP contribution in [0.3, 0.4) is 0 Å². The number of sulfone groups is 1. The molecule has 0 saturated carbocycles. The van der Waals surface area contributed by atoms with Crippen molar-refractivity contribution in [3.8, 4) is 11.3 Å². The van der Waals surface area contributed by atoms with Crippen LogP contribution in [0.1, 0.15) is 19.5 Å². The summed E-state index contributed by atoms with van der Waals surface area (Å²) in [4.78, 5) is 14.7. The molecular formula is C17H22FN5O3S. The maximum atomic E-state index is 14.4. The highest BCUT2D eigenvalue weighted by Gasteiger charge is 2.35. The van der Waals surface area contributed by atoms with Gasteiger partial charge in [-0.2, -0.15) is 0 Å². The normalized spacial score (nSPS) is 15.8. The summed E-state index contributed by atoms with van der Waals surface area (Å²) in [6.45, 7) is 5.27. The lowest BCUT2D eigenvalue weighted by atomic mass is 10.1. The number of pyridine rings is 1. The molecule has 0 unspecified atom stereocenters. The molecule has 1 saturated heterocycles. The van der Waals surface area contributed by atoms with Gasteiger partial charge < -0.3 is 15.4 Å². The molecule has 0 aliphatic carbocycles. The van der Waals surface area contributed by atoms with Gasteiger partial charge in [-0.05, 0) is 19.9 Å². The largest absolute Gasteiger partial charge is 0.384 e. The number of anilines is 2. The van der Waals surface area contributed by atoms with E-state index >= 15 is 0 Å². The van der Waals surface area contributed by atoms with Crippen molar-refractivity contribution in [2.45, 2.75) is 18.6 Å². The summed E-state index contributed by atoms with van der Waals surface area (Å²) >= 11 is 0. The second-order valence-corrected chi connectivity index (χ2v) is 9.47. The molecule has 2 N–H and O–H groups in total. The van der Waals surface area contributed by atoms with E-state index < -0.39 is 20.4 Å². The van der Waals surface area contributed by atoms with Gasteiger partial charge in [0.05, 0.1) is 30.2 Å². The van der Waals surface area contributed by atoms with E-state index in [1.165, 1.54) is 12.3 Å². The van der Waals surface area contributed by atoms with Gasteiger partial charge >= 0.3 is 0 Å². The summed E-state index contributed by atoms with van der Waals surface area (Å²) in [5.74, 6) is -0.202. The molecule has 0 amide bonds. The first-order valence-electron chi connectivity index (χ1n) is 8.43. The molecule has 0 radical (unpaired) electrons. The van der Waals surface area contributed by atoms with Gasteiger partial charge in [-0.1, -0.05) is 0 Å². The van der Waals surface area contributed by atoms with Crippen LogP contribution >= 0.6 is 0 Å².